The van der Waals surface area contributed by atoms with Crippen molar-refractivity contribution in [1.82, 2.24) is 9.88 Å². The van der Waals surface area contributed by atoms with Gasteiger partial charge in [0, 0.05) is 28.7 Å². The summed E-state index contributed by atoms with van der Waals surface area (Å²) in [6.45, 7) is 4.44. The molecular formula is C24H25Cl2N3O2. The molecule has 7 heteroatoms. The molecule has 0 bridgehead atoms. The summed E-state index contributed by atoms with van der Waals surface area (Å²) in [7, 11) is 0. The quantitative estimate of drug-likeness (QED) is 0.515. The molecule has 0 aliphatic heterocycles. The van der Waals surface area contributed by atoms with Crippen molar-refractivity contribution in [2.24, 2.45) is 5.92 Å². The number of amides is 2. The molecule has 0 saturated heterocycles. The van der Waals surface area contributed by atoms with E-state index in [1.54, 1.807) is 18.2 Å². The van der Waals surface area contributed by atoms with E-state index in [4.69, 9.17) is 23.2 Å². The molecule has 1 aliphatic rings. The number of aromatic nitrogens is 1. The van der Waals surface area contributed by atoms with Crippen LogP contribution in [0.25, 0.3) is 10.9 Å². The van der Waals surface area contributed by atoms with E-state index in [-0.39, 0.29) is 18.4 Å². The zero-order valence-electron chi connectivity index (χ0n) is 17.6. The number of hydrogen-bond acceptors (Lipinski definition) is 2. The molecule has 1 aliphatic carbocycles. The average Bonchev–Trinajstić information content (AvgIpc) is 3.11. The highest BCUT2D eigenvalue weighted by molar-refractivity contribution is 6.39. The molecule has 0 fully saturated rings. The Morgan fingerprint density at radius 3 is 2.65 bits per heavy atom. The first-order valence-corrected chi connectivity index (χ1v) is 11.3. The number of rotatable bonds is 5. The fourth-order valence-electron chi connectivity index (χ4n) is 4.20. The first-order valence-electron chi connectivity index (χ1n) is 10.5. The van der Waals surface area contributed by atoms with E-state index >= 15 is 0 Å². The molecule has 0 radical (unpaired) electrons. The Balaban J connectivity index is 1.54. The van der Waals surface area contributed by atoms with E-state index in [1.165, 1.54) is 22.6 Å². The zero-order chi connectivity index (χ0) is 22.1. The summed E-state index contributed by atoms with van der Waals surface area (Å²) in [5, 5.41) is 4.53. The molecule has 31 heavy (non-hydrogen) atoms. The lowest BCUT2D eigenvalue weighted by Crippen LogP contribution is -2.38. The molecule has 2 aromatic carbocycles. The van der Waals surface area contributed by atoms with Gasteiger partial charge in [-0.25, -0.2) is 0 Å². The van der Waals surface area contributed by atoms with Crippen LogP contribution in [0.3, 0.4) is 0 Å². The van der Waals surface area contributed by atoms with Gasteiger partial charge in [0.2, 0.25) is 5.91 Å². The number of nitrogens with one attached hydrogen (secondary N) is 2. The summed E-state index contributed by atoms with van der Waals surface area (Å²) in [5.41, 5.74) is 4.59. The maximum atomic E-state index is 13.2. The summed E-state index contributed by atoms with van der Waals surface area (Å²) in [6, 6.07) is 10.7. The van der Waals surface area contributed by atoms with Crippen LogP contribution in [0.15, 0.2) is 36.4 Å². The number of fused-ring (bicyclic) bond motifs is 3. The largest absolute Gasteiger partial charge is 0.358 e. The summed E-state index contributed by atoms with van der Waals surface area (Å²) in [4.78, 5) is 30.8. The molecule has 0 spiro atoms. The lowest BCUT2D eigenvalue weighted by Gasteiger charge is -2.21. The molecule has 2 amide bonds. The van der Waals surface area contributed by atoms with E-state index < -0.39 is 0 Å². The van der Waals surface area contributed by atoms with Crippen LogP contribution in [-0.2, 0) is 17.6 Å². The van der Waals surface area contributed by atoms with Crippen LogP contribution in [0.5, 0.6) is 0 Å². The second-order valence-electron chi connectivity index (χ2n) is 8.15. The SMILES string of the molecule is CCN(CC(=O)Nc1c(Cl)cccc1Cl)C(=O)c1ccc2[nH]c3c(c2c1)CC(C)CC3. The maximum Gasteiger partial charge on any atom is 0.254 e. The summed E-state index contributed by atoms with van der Waals surface area (Å²) in [6.07, 6.45) is 3.24. The van der Waals surface area contributed by atoms with Gasteiger partial charge in [-0.3, -0.25) is 9.59 Å². The van der Waals surface area contributed by atoms with Crippen LogP contribution in [0, 0.1) is 5.92 Å². The highest BCUT2D eigenvalue weighted by Gasteiger charge is 2.23. The highest BCUT2D eigenvalue weighted by atomic mass is 35.5. The fraction of sp³-hybridized carbons (Fsp3) is 0.333. The molecule has 1 aromatic heterocycles. The first-order chi connectivity index (χ1) is 14.9. The summed E-state index contributed by atoms with van der Waals surface area (Å²) >= 11 is 12.3. The minimum absolute atomic E-state index is 0.0861. The number of hydrogen-bond donors (Lipinski definition) is 2. The van der Waals surface area contributed by atoms with Gasteiger partial charge in [0.15, 0.2) is 0 Å². The van der Waals surface area contributed by atoms with E-state index in [2.05, 4.69) is 17.2 Å². The van der Waals surface area contributed by atoms with Crippen molar-refractivity contribution in [3.8, 4) is 0 Å². The third kappa shape index (κ3) is 4.43. The van der Waals surface area contributed by atoms with Gasteiger partial charge < -0.3 is 15.2 Å². The number of aryl methyl sites for hydroxylation is 1. The molecule has 1 atom stereocenters. The van der Waals surface area contributed by atoms with E-state index in [0.29, 0.717) is 33.8 Å². The van der Waals surface area contributed by atoms with Crippen LogP contribution >= 0.6 is 23.2 Å². The van der Waals surface area contributed by atoms with Crippen molar-refractivity contribution in [3.63, 3.8) is 0 Å². The monoisotopic (exact) mass is 457 g/mol. The average molecular weight is 458 g/mol. The molecule has 1 heterocycles. The Hall–Kier alpha value is -2.50. The third-order valence-electron chi connectivity index (χ3n) is 5.91. The summed E-state index contributed by atoms with van der Waals surface area (Å²) < 4.78 is 0. The number of aromatic amines is 1. The van der Waals surface area contributed by atoms with Crippen LogP contribution in [-0.4, -0.2) is 34.8 Å². The van der Waals surface area contributed by atoms with Gasteiger partial charge in [-0.2, -0.15) is 0 Å². The summed E-state index contributed by atoms with van der Waals surface area (Å²) in [5.74, 6) is 0.112. The molecular weight excluding hydrogens is 433 g/mol. The fourth-order valence-corrected chi connectivity index (χ4v) is 4.70. The third-order valence-corrected chi connectivity index (χ3v) is 6.54. The van der Waals surface area contributed by atoms with Crippen LogP contribution in [0.2, 0.25) is 10.0 Å². The molecule has 4 rings (SSSR count). The lowest BCUT2D eigenvalue weighted by molar-refractivity contribution is -0.116. The van der Waals surface area contributed by atoms with Crippen LogP contribution in [0.1, 0.15) is 41.9 Å². The molecule has 1 unspecified atom stereocenters. The Labute approximate surface area is 191 Å². The second-order valence-corrected chi connectivity index (χ2v) is 8.97. The second kappa shape index (κ2) is 8.93. The minimum atomic E-state index is -0.348. The first kappa shape index (κ1) is 21.7. The van der Waals surface area contributed by atoms with Gasteiger partial charge in [0.1, 0.15) is 6.54 Å². The lowest BCUT2D eigenvalue weighted by atomic mass is 9.87. The zero-order valence-corrected chi connectivity index (χ0v) is 19.1. The number of para-hydroxylation sites is 1. The molecule has 0 saturated carbocycles. The highest BCUT2D eigenvalue weighted by Crippen LogP contribution is 2.32. The standard InChI is InChI=1S/C24H25Cl2N3O2/c1-3-29(13-22(30)28-23-18(25)5-4-6-19(23)26)24(31)15-8-10-21-17(12-15)16-11-14(2)7-9-20(16)27-21/h4-6,8,10,12,14,27H,3,7,9,11,13H2,1-2H3,(H,28,30). The van der Waals surface area contributed by atoms with Gasteiger partial charge in [-0.15, -0.1) is 0 Å². The van der Waals surface area contributed by atoms with Crippen molar-refractivity contribution in [2.45, 2.75) is 33.1 Å². The van der Waals surface area contributed by atoms with Gasteiger partial charge >= 0.3 is 0 Å². The van der Waals surface area contributed by atoms with Crippen molar-refractivity contribution in [3.05, 3.63) is 63.3 Å². The molecule has 3 aromatic rings. The van der Waals surface area contributed by atoms with Gasteiger partial charge in [0.05, 0.1) is 15.7 Å². The number of anilines is 1. The van der Waals surface area contributed by atoms with E-state index in [9.17, 15) is 9.59 Å². The van der Waals surface area contributed by atoms with Gasteiger partial charge in [0.25, 0.3) is 5.91 Å². The number of halogens is 2. The van der Waals surface area contributed by atoms with Crippen molar-refractivity contribution in [1.29, 1.82) is 0 Å². The number of carbonyl (C=O) groups excluding carboxylic acids is 2. The Kier molecular flexibility index (Phi) is 6.26. The van der Waals surface area contributed by atoms with Crippen LogP contribution < -0.4 is 5.32 Å². The molecule has 2 N–H and O–H groups in total. The number of benzene rings is 2. The van der Waals surface area contributed by atoms with Crippen molar-refractivity contribution < 1.29 is 9.59 Å². The Bertz CT molecular complexity index is 1130. The van der Waals surface area contributed by atoms with Crippen LogP contribution in [0.4, 0.5) is 5.69 Å². The van der Waals surface area contributed by atoms with Crippen molar-refractivity contribution in [2.75, 3.05) is 18.4 Å². The van der Waals surface area contributed by atoms with Gasteiger partial charge in [-0.1, -0.05) is 36.2 Å². The predicted molar refractivity (Wildman–Crippen MR) is 126 cm³/mol. The van der Waals surface area contributed by atoms with Gasteiger partial charge in [-0.05, 0) is 68.0 Å². The number of carbonyl (C=O) groups is 2. The van der Waals surface area contributed by atoms with Crippen molar-refractivity contribution >= 4 is 51.6 Å². The Morgan fingerprint density at radius 2 is 1.94 bits per heavy atom. The normalized spacial score (nSPS) is 15.5. The molecule has 5 nitrogen and oxygen atoms in total. The minimum Gasteiger partial charge on any atom is -0.358 e. The Morgan fingerprint density at radius 1 is 1.19 bits per heavy atom. The smallest absolute Gasteiger partial charge is 0.254 e. The number of H-pyrrole nitrogens is 1. The maximum absolute atomic E-state index is 13.2. The van der Waals surface area contributed by atoms with E-state index in [0.717, 1.165) is 23.7 Å². The number of likely N-dealkylation sites (N-methyl/N-ethyl adjacent to an activating group) is 1. The van der Waals surface area contributed by atoms with E-state index in [1.807, 2.05) is 25.1 Å². The topological polar surface area (TPSA) is 65.2 Å². The number of nitrogens with zero attached hydrogens (tertiary/aromatic N) is 1. The molecule has 162 valence electrons. The predicted octanol–water partition coefficient (Wildman–Crippen LogP) is 5.70.